The molecule has 1 aromatic carbocycles. The van der Waals surface area contributed by atoms with E-state index in [0.29, 0.717) is 6.54 Å². The molecular formula is C15H19NO2S. The lowest BCUT2D eigenvalue weighted by molar-refractivity contribution is 0.151. The molecule has 4 heteroatoms. The maximum absolute atomic E-state index is 10.5. The molecule has 102 valence electrons. The lowest BCUT2D eigenvalue weighted by atomic mass is 9.92. The zero-order valence-corrected chi connectivity index (χ0v) is 12.0. The van der Waals surface area contributed by atoms with Gasteiger partial charge >= 0.3 is 0 Å². The van der Waals surface area contributed by atoms with Gasteiger partial charge in [-0.15, -0.1) is 11.3 Å². The minimum Gasteiger partial charge on any atom is -0.497 e. The Hall–Kier alpha value is -1.36. The van der Waals surface area contributed by atoms with Gasteiger partial charge in [-0.05, 0) is 36.8 Å². The van der Waals surface area contributed by atoms with Crippen LogP contribution < -0.4 is 10.5 Å². The number of nitrogens with two attached hydrogens (primary N) is 1. The monoisotopic (exact) mass is 277 g/mol. The van der Waals surface area contributed by atoms with Crippen LogP contribution in [0, 0.1) is 6.92 Å². The molecule has 3 N–H and O–H groups in total. The zero-order valence-electron chi connectivity index (χ0n) is 11.2. The predicted octanol–water partition coefficient (Wildman–Crippen LogP) is 2.84. The Bertz CT molecular complexity index is 538. The van der Waals surface area contributed by atoms with E-state index < -0.39 is 6.10 Å². The number of thiophene rings is 1. The summed E-state index contributed by atoms with van der Waals surface area (Å²) >= 11 is 1.61. The molecule has 2 unspecified atom stereocenters. The molecule has 3 nitrogen and oxygen atoms in total. The molecule has 19 heavy (non-hydrogen) atoms. The Morgan fingerprint density at radius 2 is 2.11 bits per heavy atom. The third-order valence-electron chi connectivity index (χ3n) is 3.21. The number of aliphatic hydroxyl groups is 1. The second kappa shape index (κ2) is 6.19. The maximum Gasteiger partial charge on any atom is 0.119 e. The topological polar surface area (TPSA) is 55.5 Å². The molecule has 0 amide bonds. The van der Waals surface area contributed by atoms with E-state index in [4.69, 9.17) is 10.5 Å². The van der Waals surface area contributed by atoms with Crippen molar-refractivity contribution in [1.82, 2.24) is 0 Å². The van der Waals surface area contributed by atoms with Crippen molar-refractivity contribution in [2.24, 2.45) is 5.73 Å². The van der Waals surface area contributed by atoms with Crippen LogP contribution >= 0.6 is 11.3 Å². The highest BCUT2D eigenvalue weighted by Gasteiger charge is 2.23. The van der Waals surface area contributed by atoms with Gasteiger partial charge in [-0.2, -0.15) is 0 Å². The van der Waals surface area contributed by atoms with Crippen LogP contribution in [-0.4, -0.2) is 18.8 Å². The second-order valence-corrected chi connectivity index (χ2v) is 5.83. The van der Waals surface area contributed by atoms with E-state index in [1.54, 1.807) is 18.4 Å². The number of benzene rings is 1. The standard InChI is InChI=1S/C15H19NO2S/c1-10-6-7-14(19-10)15(17)13(9-16)11-4-3-5-12(8-11)18-2/h3-8,13,15,17H,9,16H2,1-2H3. The van der Waals surface area contributed by atoms with Crippen molar-refractivity contribution in [2.45, 2.75) is 18.9 Å². The molecule has 2 atom stereocenters. The SMILES string of the molecule is COc1cccc(C(CN)C(O)c2ccc(C)s2)c1. The number of hydrogen-bond acceptors (Lipinski definition) is 4. The van der Waals surface area contributed by atoms with E-state index in [-0.39, 0.29) is 5.92 Å². The van der Waals surface area contributed by atoms with Crippen LogP contribution in [0.25, 0.3) is 0 Å². The average molecular weight is 277 g/mol. The Labute approximate surface area is 117 Å². The van der Waals surface area contributed by atoms with Crippen molar-refractivity contribution in [2.75, 3.05) is 13.7 Å². The molecule has 0 spiro atoms. The lowest BCUT2D eigenvalue weighted by Gasteiger charge is -2.21. The van der Waals surface area contributed by atoms with E-state index >= 15 is 0 Å². The number of aryl methyl sites for hydroxylation is 1. The Morgan fingerprint density at radius 3 is 2.68 bits per heavy atom. The summed E-state index contributed by atoms with van der Waals surface area (Å²) in [6, 6.07) is 11.7. The number of aliphatic hydroxyl groups excluding tert-OH is 1. The summed E-state index contributed by atoms with van der Waals surface area (Å²) in [6.07, 6.45) is -0.573. The van der Waals surface area contributed by atoms with E-state index in [2.05, 4.69) is 0 Å². The van der Waals surface area contributed by atoms with Gasteiger partial charge in [-0.25, -0.2) is 0 Å². The normalized spacial score (nSPS) is 14.1. The number of ether oxygens (including phenoxy) is 1. The minimum absolute atomic E-state index is 0.117. The van der Waals surface area contributed by atoms with Crippen molar-refractivity contribution in [3.63, 3.8) is 0 Å². The highest BCUT2D eigenvalue weighted by molar-refractivity contribution is 7.12. The van der Waals surface area contributed by atoms with Crippen molar-refractivity contribution in [3.05, 3.63) is 51.7 Å². The average Bonchev–Trinajstić information content (AvgIpc) is 2.86. The molecule has 1 aromatic heterocycles. The van der Waals surface area contributed by atoms with Gasteiger partial charge in [0.1, 0.15) is 5.75 Å². The van der Waals surface area contributed by atoms with Crippen LogP contribution in [0.15, 0.2) is 36.4 Å². The van der Waals surface area contributed by atoms with Crippen LogP contribution in [0.4, 0.5) is 0 Å². The first-order chi connectivity index (χ1) is 9.15. The fourth-order valence-electron chi connectivity index (χ4n) is 2.13. The van der Waals surface area contributed by atoms with Gasteiger partial charge in [0.15, 0.2) is 0 Å². The van der Waals surface area contributed by atoms with Gasteiger partial charge in [0.05, 0.1) is 13.2 Å². The molecule has 0 aliphatic carbocycles. The van der Waals surface area contributed by atoms with Gasteiger partial charge < -0.3 is 15.6 Å². The van der Waals surface area contributed by atoms with Crippen LogP contribution in [0.5, 0.6) is 5.75 Å². The smallest absolute Gasteiger partial charge is 0.119 e. The molecule has 0 saturated heterocycles. The van der Waals surface area contributed by atoms with E-state index in [9.17, 15) is 5.11 Å². The van der Waals surface area contributed by atoms with E-state index in [1.165, 1.54) is 4.88 Å². The summed E-state index contributed by atoms with van der Waals surface area (Å²) in [7, 11) is 1.63. The molecule has 0 radical (unpaired) electrons. The molecule has 2 aromatic rings. The van der Waals surface area contributed by atoms with Gasteiger partial charge in [0, 0.05) is 22.2 Å². The summed E-state index contributed by atoms with van der Waals surface area (Å²) in [5.74, 6) is 0.665. The lowest BCUT2D eigenvalue weighted by Crippen LogP contribution is -2.19. The van der Waals surface area contributed by atoms with E-state index in [0.717, 1.165) is 16.2 Å². The molecule has 1 heterocycles. The molecular weight excluding hydrogens is 258 g/mol. The minimum atomic E-state index is -0.573. The number of methoxy groups -OCH3 is 1. The van der Waals surface area contributed by atoms with Crippen LogP contribution in [-0.2, 0) is 0 Å². The Kier molecular flexibility index (Phi) is 4.58. The predicted molar refractivity (Wildman–Crippen MR) is 78.8 cm³/mol. The molecule has 0 aliphatic rings. The van der Waals surface area contributed by atoms with Crippen LogP contribution in [0.3, 0.4) is 0 Å². The van der Waals surface area contributed by atoms with Crippen LogP contribution in [0.1, 0.15) is 27.3 Å². The molecule has 0 saturated carbocycles. The van der Waals surface area contributed by atoms with Gasteiger partial charge in [0.25, 0.3) is 0 Å². The summed E-state index contributed by atoms with van der Waals surface area (Å²) in [6.45, 7) is 2.43. The molecule has 0 aliphatic heterocycles. The first-order valence-corrected chi connectivity index (χ1v) is 7.05. The summed E-state index contributed by atoms with van der Waals surface area (Å²) < 4.78 is 5.22. The largest absolute Gasteiger partial charge is 0.497 e. The van der Waals surface area contributed by atoms with Gasteiger partial charge in [-0.1, -0.05) is 12.1 Å². The van der Waals surface area contributed by atoms with Crippen molar-refractivity contribution >= 4 is 11.3 Å². The quantitative estimate of drug-likeness (QED) is 0.883. The maximum atomic E-state index is 10.5. The first kappa shape index (κ1) is 14.1. The first-order valence-electron chi connectivity index (χ1n) is 6.24. The highest BCUT2D eigenvalue weighted by Crippen LogP contribution is 2.34. The third kappa shape index (κ3) is 3.15. The second-order valence-electron chi connectivity index (χ2n) is 4.51. The summed E-state index contributed by atoms with van der Waals surface area (Å²) in [5, 5.41) is 10.5. The fraction of sp³-hybridized carbons (Fsp3) is 0.333. The Balaban J connectivity index is 2.28. The Morgan fingerprint density at radius 1 is 1.32 bits per heavy atom. The summed E-state index contributed by atoms with van der Waals surface area (Å²) in [5.41, 5.74) is 6.85. The number of rotatable bonds is 5. The van der Waals surface area contributed by atoms with Crippen molar-refractivity contribution < 1.29 is 9.84 Å². The van der Waals surface area contributed by atoms with Crippen LogP contribution in [0.2, 0.25) is 0 Å². The summed E-state index contributed by atoms with van der Waals surface area (Å²) in [4.78, 5) is 2.14. The van der Waals surface area contributed by atoms with Gasteiger partial charge in [0.2, 0.25) is 0 Å². The van der Waals surface area contributed by atoms with Gasteiger partial charge in [-0.3, -0.25) is 0 Å². The van der Waals surface area contributed by atoms with Crippen molar-refractivity contribution in [3.8, 4) is 5.75 Å². The fourth-order valence-corrected chi connectivity index (χ4v) is 3.06. The molecule has 2 rings (SSSR count). The van der Waals surface area contributed by atoms with Crippen molar-refractivity contribution in [1.29, 1.82) is 0 Å². The molecule has 0 fully saturated rings. The number of hydrogen-bond donors (Lipinski definition) is 2. The third-order valence-corrected chi connectivity index (χ3v) is 4.28. The molecule has 0 bridgehead atoms. The van der Waals surface area contributed by atoms with E-state index in [1.807, 2.05) is 43.3 Å². The highest BCUT2D eigenvalue weighted by atomic mass is 32.1. The zero-order chi connectivity index (χ0) is 13.8.